The van der Waals surface area contributed by atoms with E-state index < -0.39 is 0 Å². The van der Waals surface area contributed by atoms with Gasteiger partial charge in [0, 0.05) is 19.6 Å². The molecular formula is C13H24N4OS. The number of aromatic nitrogens is 3. The number of H-pyrrole nitrogens is 1. The second-order valence-electron chi connectivity index (χ2n) is 6.46. The Morgan fingerprint density at radius 3 is 2.37 bits per heavy atom. The van der Waals surface area contributed by atoms with Gasteiger partial charge < -0.3 is 9.64 Å². The Bertz CT molecular complexity index is 487. The van der Waals surface area contributed by atoms with Crippen LogP contribution >= 0.6 is 12.2 Å². The maximum absolute atomic E-state index is 6.10. The molecule has 0 amide bonds. The Kier molecular flexibility index (Phi) is 3.75. The number of hydrogen-bond donors (Lipinski definition) is 1. The zero-order valence-corrected chi connectivity index (χ0v) is 13.3. The van der Waals surface area contributed by atoms with Gasteiger partial charge in [0.15, 0.2) is 4.77 Å². The predicted octanol–water partition coefficient (Wildman–Crippen LogP) is 2.74. The van der Waals surface area contributed by atoms with Gasteiger partial charge in [-0.3, -0.25) is 4.57 Å². The minimum Gasteiger partial charge on any atom is -0.366 e. The summed E-state index contributed by atoms with van der Waals surface area (Å²) in [5.41, 5.74) is -0.376. The summed E-state index contributed by atoms with van der Waals surface area (Å²) in [4.78, 5) is 2.27. The van der Waals surface area contributed by atoms with Crippen LogP contribution in [0.3, 0.4) is 0 Å². The number of morpholine rings is 1. The summed E-state index contributed by atoms with van der Waals surface area (Å²) in [6, 6.07) is 0. The molecule has 1 aliphatic rings. The van der Waals surface area contributed by atoms with E-state index in [0.29, 0.717) is 4.77 Å². The van der Waals surface area contributed by atoms with E-state index in [1.165, 1.54) is 0 Å². The Morgan fingerprint density at radius 1 is 1.26 bits per heavy atom. The largest absolute Gasteiger partial charge is 0.366 e. The minimum atomic E-state index is -0.188. The molecule has 1 fully saturated rings. The van der Waals surface area contributed by atoms with Gasteiger partial charge in [-0.1, -0.05) is 6.92 Å². The zero-order valence-electron chi connectivity index (χ0n) is 12.5. The van der Waals surface area contributed by atoms with Crippen molar-refractivity contribution >= 4 is 18.2 Å². The van der Waals surface area contributed by atoms with Crippen LogP contribution in [0.25, 0.3) is 0 Å². The van der Waals surface area contributed by atoms with Crippen molar-refractivity contribution < 1.29 is 4.74 Å². The van der Waals surface area contributed by atoms with Gasteiger partial charge in [-0.25, -0.2) is 5.10 Å². The number of aromatic amines is 1. The van der Waals surface area contributed by atoms with Crippen molar-refractivity contribution in [2.24, 2.45) is 0 Å². The first kappa shape index (κ1) is 14.5. The van der Waals surface area contributed by atoms with E-state index in [4.69, 9.17) is 17.0 Å². The molecule has 6 heteroatoms. The quantitative estimate of drug-likeness (QED) is 0.867. The summed E-state index contributed by atoms with van der Waals surface area (Å²) >= 11 is 5.31. The molecule has 1 aliphatic heterocycles. The number of nitrogens with one attached hydrogen (secondary N) is 1. The summed E-state index contributed by atoms with van der Waals surface area (Å²) < 4.78 is 8.87. The van der Waals surface area contributed by atoms with Crippen LogP contribution in [0.1, 0.15) is 41.0 Å². The maximum atomic E-state index is 6.10. The highest BCUT2D eigenvalue weighted by Gasteiger charge is 2.39. The maximum Gasteiger partial charge on any atom is 0.225 e. The topological polar surface area (TPSA) is 46.1 Å². The van der Waals surface area contributed by atoms with Crippen molar-refractivity contribution in [3.05, 3.63) is 4.77 Å². The summed E-state index contributed by atoms with van der Waals surface area (Å²) in [6.07, 6.45) is 1.04. The third-order valence-corrected chi connectivity index (χ3v) is 3.48. The molecular weight excluding hydrogens is 260 g/mol. The normalized spacial score (nSPS) is 21.6. The lowest BCUT2D eigenvalue weighted by molar-refractivity contribution is -0.133. The Labute approximate surface area is 119 Å². The lowest BCUT2D eigenvalue weighted by atomic mass is 9.99. The van der Waals surface area contributed by atoms with E-state index in [9.17, 15) is 0 Å². The first-order valence-electron chi connectivity index (χ1n) is 6.84. The second kappa shape index (κ2) is 4.90. The SMILES string of the molecule is CCCn1c(N2CC(C)(C)OC(C)(C)C2)n[nH]c1=S. The van der Waals surface area contributed by atoms with E-state index >= 15 is 0 Å². The second-order valence-corrected chi connectivity index (χ2v) is 6.84. The predicted molar refractivity (Wildman–Crippen MR) is 79.2 cm³/mol. The molecule has 0 spiro atoms. The Balaban J connectivity index is 2.33. The molecule has 1 aromatic heterocycles. The molecule has 19 heavy (non-hydrogen) atoms. The minimum absolute atomic E-state index is 0.188. The fraction of sp³-hybridized carbons (Fsp3) is 0.846. The first-order chi connectivity index (χ1) is 8.74. The van der Waals surface area contributed by atoms with Crippen LogP contribution < -0.4 is 4.90 Å². The lowest BCUT2D eigenvalue weighted by Gasteiger charge is -2.47. The fourth-order valence-electron chi connectivity index (χ4n) is 2.91. The molecule has 0 saturated carbocycles. The molecule has 1 saturated heterocycles. The van der Waals surface area contributed by atoms with E-state index in [-0.39, 0.29) is 11.2 Å². The number of rotatable bonds is 3. The highest BCUT2D eigenvalue weighted by Crippen LogP contribution is 2.30. The van der Waals surface area contributed by atoms with Crippen molar-refractivity contribution in [1.82, 2.24) is 14.8 Å². The average Bonchev–Trinajstić information content (AvgIpc) is 2.57. The summed E-state index contributed by atoms with van der Waals surface area (Å²) in [7, 11) is 0. The fourth-order valence-corrected chi connectivity index (χ4v) is 3.12. The van der Waals surface area contributed by atoms with E-state index in [2.05, 4.69) is 54.3 Å². The van der Waals surface area contributed by atoms with Gasteiger partial charge >= 0.3 is 0 Å². The van der Waals surface area contributed by atoms with Gasteiger partial charge in [-0.2, -0.15) is 0 Å². The van der Waals surface area contributed by atoms with Crippen molar-refractivity contribution in [3.63, 3.8) is 0 Å². The molecule has 2 heterocycles. The molecule has 0 aromatic carbocycles. The molecule has 1 N–H and O–H groups in total. The number of hydrogen-bond acceptors (Lipinski definition) is 4. The summed E-state index contributed by atoms with van der Waals surface area (Å²) in [6.45, 7) is 13.1. The van der Waals surface area contributed by atoms with Crippen LogP contribution in [-0.4, -0.2) is 39.1 Å². The van der Waals surface area contributed by atoms with Crippen molar-refractivity contribution in [2.75, 3.05) is 18.0 Å². The zero-order chi connectivity index (χ0) is 14.3. The Hall–Kier alpha value is -0.880. The van der Waals surface area contributed by atoms with Gasteiger partial charge in [0.2, 0.25) is 5.95 Å². The van der Waals surface area contributed by atoms with Crippen LogP contribution in [0.15, 0.2) is 0 Å². The average molecular weight is 284 g/mol. The smallest absolute Gasteiger partial charge is 0.225 e. The van der Waals surface area contributed by atoms with E-state index in [1.54, 1.807) is 0 Å². The van der Waals surface area contributed by atoms with Crippen molar-refractivity contribution in [1.29, 1.82) is 0 Å². The van der Waals surface area contributed by atoms with Gasteiger partial charge in [0.05, 0.1) is 11.2 Å². The molecule has 0 bridgehead atoms. The van der Waals surface area contributed by atoms with Crippen LogP contribution in [0, 0.1) is 4.77 Å². The lowest BCUT2D eigenvalue weighted by Crippen LogP contribution is -2.57. The third kappa shape index (κ3) is 3.17. The van der Waals surface area contributed by atoms with Gasteiger partial charge in [0.25, 0.3) is 0 Å². The monoisotopic (exact) mass is 284 g/mol. The molecule has 0 unspecified atom stereocenters. The first-order valence-corrected chi connectivity index (χ1v) is 7.25. The van der Waals surface area contributed by atoms with Crippen LogP contribution in [0.4, 0.5) is 5.95 Å². The van der Waals surface area contributed by atoms with Crippen LogP contribution in [-0.2, 0) is 11.3 Å². The van der Waals surface area contributed by atoms with Crippen LogP contribution in [0.2, 0.25) is 0 Å². The molecule has 2 rings (SSSR count). The van der Waals surface area contributed by atoms with Crippen molar-refractivity contribution in [2.45, 2.75) is 58.8 Å². The molecule has 1 aromatic rings. The van der Waals surface area contributed by atoms with Crippen LogP contribution in [0.5, 0.6) is 0 Å². The van der Waals surface area contributed by atoms with Gasteiger partial charge in [-0.05, 0) is 46.3 Å². The highest BCUT2D eigenvalue weighted by molar-refractivity contribution is 7.71. The molecule has 0 aliphatic carbocycles. The molecule has 5 nitrogen and oxygen atoms in total. The summed E-state index contributed by atoms with van der Waals surface area (Å²) in [5, 5.41) is 7.31. The molecule has 0 radical (unpaired) electrons. The molecule has 108 valence electrons. The number of ether oxygens (including phenoxy) is 1. The Morgan fingerprint density at radius 2 is 1.84 bits per heavy atom. The van der Waals surface area contributed by atoms with Gasteiger partial charge in [0.1, 0.15) is 0 Å². The third-order valence-electron chi connectivity index (χ3n) is 3.16. The highest BCUT2D eigenvalue weighted by atomic mass is 32.1. The van der Waals surface area contributed by atoms with E-state index in [1.807, 2.05) is 0 Å². The van der Waals surface area contributed by atoms with E-state index in [0.717, 1.165) is 32.0 Å². The van der Waals surface area contributed by atoms with Crippen molar-refractivity contribution in [3.8, 4) is 0 Å². The number of nitrogens with zero attached hydrogens (tertiary/aromatic N) is 3. The number of anilines is 1. The van der Waals surface area contributed by atoms with Gasteiger partial charge in [-0.15, -0.1) is 5.10 Å². The standard InChI is InChI=1S/C13H24N4OS/c1-6-7-17-10(14-15-11(17)19)16-8-12(2,3)18-13(4,5)9-16/h6-9H2,1-5H3,(H,15,19). The molecule has 0 atom stereocenters. The summed E-state index contributed by atoms with van der Waals surface area (Å²) in [5.74, 6) is 0.927.